The third kappa shape index (κ3) is 3.49. The van der Waals surface area contributed by atoms with Gasteiger partial charge in [0.25, 0.3) is 0 Å². The van der Waals surface area contributed by atoms with Crippen molar-refractivity contribution < 1.29 is 9.90 Å². The lowest BCUT2D eigenvalue weighted by Gasteiger charge is -2.31. The average molecular weight is 249 g/mol. The van der Waals surface area contributed by atoms with Gasteiger partial charge in [0.2, 0.25) is 0 Å². The quantitative estimate of drug-likeness (QED) is 0.867. The second-order valence-electron chi connectivity index (χ2n) is 5.44. The van der Waals surface area contributed by atoms with Crippen LogP contribution in [-0.4, -0.2) is 23.7 Å². The Kier molecular flexibility index (Phi) is 4.76. The van der Waals surface area contributed by atoms with E-state index in [1.54, 1.807) is 6.07 Å². The van der Waals surface area contributed by atoms with Crippen LogP contribution in [-0.2, 0) is 0 Å². The Morgan fingerprint density at radius 2 is 1.89 bits per heavy atom. The van der Waals surface area contributed by atoms with Crippen LogP contribution in [0.2, 0.25) is 0 Å². The summed E-state index contributed by atoms with van der Waals surface area (Å²) in [4.78, 5) is 13.3. The minimum Gasteiger partial charge on any atom is -0.478 e. The van der Waals surface area contributed by atoms with E-state index in [9.17, 15) is 4.79 Å². The van der Waals surface area contributed by atoms with Crippen molar-refractivity contribution in [3.63, 3.8) is 0 Å². The summed E-state index contributed by atoms with van der Waals surface area (Å²) < 4.78 is 0. The summed E-state index contributed by atoms with van der Waals surface area (Å²) in [6.07, 6.45) is 0. The van der Waals surface area contributed by atoms with Crippen molar-refractivity contribution in [3.8, 4) is 0 Å². The summed E-state index contributed by atoms with van der Waals surface area (Å²) in [6.45, 7) is 11.5. The predicted octanol–water partition coefficient (Wildman–Crippen LogP) is 3.56. The Morgan fingerprint density at radius 3 is 2.28 bits per heavy atom. The van der Waals surface area contributed by atoms with Crippen molar-refractivity contribution in [1.29, 1.82) is 0 Å². The normalized spacial score (nSPS) is 11.1. The zero-order valence-electron chi connectivity index (χ0n) is 11.9. The Balaban J connectivity index is 3.07. The molecule has 0 aliphatic carbocycles. The molecule has 3 nitrogen and oxygen atoms in total. The van der Waals surface area contributed by atoms with Gasteiger partial charge in [-0.25, -0.2) is 4.79 Å². The number of hydrogen-bond donors (Lipinski definition) is 1. The smallest absolute Gasteiger partial charge is 0.335 e. The number of rotatable bonds is 5. The van der Waals surface area contributed by atoms with Crippen molar-refractivity contribution in [1.82, 2.24) is 0 Å². The van der Waals surface area contributed by atoms with Crippen LogP contribution >= 0.6 is 0 Å². The maximum absolute atomic E-state index is 11.0. The van der Waals surface area contributed by atoms with E-state index in [1.807, 2.05) is 19.1 Å². The summed E-state index contributed by atoms with van der Waals surface area (Å²) in [5.74, 6) is -0.286. The van der Waals surface area contributed by atoms with Crippen LogP contribution < -0.4 is 4.90 Å². The lowest BCUT2D eigenvalue weighted by molar-refractivity contribution is 0.0696. The van der Waals surface area contributed by atoms with Crippen LogP contribution in [0.5, 0.6) is 0 Å². The number of hydrogen-bond acceptors (Lipinski definition) is 2. The summed E-state index contributed by atoms with van der Waals surface area (Å²) in [5.41, 5.74) is 2.29. The highest BCUT2D eigenvalue weighted by Gasteiger charge is 2.14. The first kappa shape index (κ1) is 14.6. The van der Waals surface area contributed by atoms with E-state index in [4.69, 9.17) is 5.11 Å². The molecule has 1 N–H and O–H groups in total. The van der Waals surface area contributed by atoms with Crippen LogP contribution in [0, 0.1) is 12.8 Å². The molecular formula is C15H23NO2. The highest BCUT2D eigenvalue weighted by Crippen LogP contribution is 2.22. The Hall–Kier alpha value is -1.51. The molecule has 0 saturated heterocycles. The van der Waals surface area contributed by atoms with Crippen molar-refractivity contribution >= 4 is 11.7 Å². The second kappa shape index (κ2) is 5.89. The number of aryl methyl sites for hydroxylation is 1. The van der Waals surface area contributed by atoms with E-state index in [2.05, 4.69) is 32.6 Å². The molecule has 0 unspecified atom stereocenters. The molecule has 0 fully saturated rings. The monoisotopic (exact) mass is 249 g/mol. The van der Waals surface area contributed by atoms with Crippen molar-refractivity contribution in [2.24, 2.45) is 5.92 Å². The molecular weight excluding hydrogens is 226 g/mol. The van der Waals surface area contributed by atoms with Gasteiger partial charge in [-0.3, -0.25) is 0 Å². The van der Waals surface area contributed by atoms with Crippen molar-refractivity contribution in [3.05, 3.63) is 29.3 Å². The van der Waals surface area contributed by atoms with Gasteiger partial charge in [0.15, 0.2) is 0 Å². The number of carboxylic acid groups (broad SMARTS) is 1. The number of anilines is 1. The highest BCUT2D eigenvalue weighted by molar-refractivity contribution is 5.89. The first-order valence-corrected chi connectivity index (χ1v) is 6.43. The summed E-state index contributed by atoms with van der Waals surface area (Å²) >= 11 is 0. The maximum Gasteiger partial charge on any atom is 0.335 e. The zero-order valence-corrected chi connectivity index (χ0v) is 11.9. The molecule has 0 aliphatic heterocycles. The number of benzene rings is 1. The molecule has 3 heteroatoms. The van der Waals surface area contributed by atoms with Gasteiger partial charge in [-0.05, 0) is 50.5 Å². The number of carbonyl (C=O) groups is 1. The topological polar surface area (TPSA) is 40.5 Å². The standard InChI is InChI=1S/C15H23NO2/c1-10(2)9-16(11(3)4)13-6-7-14(15(17)18)12(5)8-13/h6-8,10-11H,9H2,1-5H3,(H,17,18). The Labute approximate surface area is 109 Å². The third-order valence-corrected chi connectivity index (χ3v) is 2.96. The number of carboxylic acids is 1. The first-order chi connectivity index (χ1) is 8.32. The summed E-state index contributed by atoms with van der Waals surface area (Å²) in [7, 11) is 0. The van der Waals surface area contributed by atoms with Gasteiger partial charge in [0.05, 0.1) is 5.56 Å². The van der Waals surface area contributed by atoms with E-state index >= 15 is 0 Å². The van der Waals surface area contributed by atoms with Crippen LogP contribution in [0.15, 0.2) is 18.2 Å². The predicted molar refractivity (Wildman–Crippen MR) is 75.5 cm³/mol. The van der Waals surface area contributed by atoms with Gasteiger partial charge in [-0.1, -0.05) is 13.8 Å². The second-order valence-corrected chi connectivity index (χ2v) is 5.44. The fourth-order valence-electron chi connectivity index (χ4n) is 2.07. The largest absolute Gasteiger partial charge is 0.478 e. The van der Waals surface area contributed by atoms with Crippen molar-refractivity contribution in [2.45, 2.75) is 40.7 Å². The van der Waals surface area contributed by atoms with Crippen molar-refractivity contribution in [2.75, 3.05) is 11.4 Å². The molecule has 1 rings (SSSR count). The first-order valence-electron chi connectivity index (χ1n) is 6.43. The van der Waals surface area contributed by atoms with Gasteiger partial charge in [-0.15, -0.1) is 0 Å². The molecule has 0 aromatic heterocycles. The van der Waals surface area contributed by atoms with Crippen LogP contribution in [0.4, 0.5) is 5.69 Å². The van der Waals surface area contributed by atoms with Gasteiger partial charge >= 0.3 is 5.97 Å². The average Bonchev–Trinajstić information content (AvgIpc) is 2.24. The van der Waals surface area contributed by atoms with Gasteiger partial charge < -0.3 is 10.0 Å². The van der Waals surface area contributed by atoms with Crippen LogP contribution in [0.3, 0.4) is 0 Å². The fourth-order valence-corrected chi connectivity index (χ4v) is 2.07. The third-order valence-electron chi connectivity index (χ3n) is 2.96. The van der Waals surface area contributed by atoms with E-state index in [0.717, 1.165) is 17.8 Å². The molecule has 0 saturated carbocycles. The molecule has 1 aromatic carbocycles. The molecule has 18 heavy (non-hydrogen) atoms. The van der Waals surface area contributed by atoms with Gasteiger partial charge in [-0.2, -0.15) is 0 Å². The highest BCUT2D eigenvalue weighted by atomic mass is 16.4. The van der Waals surface area contributed by atoms with Crippen LogP contribution in [0.25, 0.3) is 0 Å². The fraction of sp³-hybridized carbons (Fsp3) is 0.533. The van der Waals surface area contributed by atoms with E-state index in [-0.39, 0.29) is 0 Å². The molecule has 0 spiro atoms. The SMILES string of the molecule is Cc1cc(N(CC(C)C)C(C)C)ccc1C(=O)O. The van der Waals surface area contributed by atoms with Crippen LogP contribution in [0.1, 0.15) is 43.6 Å². The molecule has 0 amide bonds. The lowest BCUT2D eigenvalue weighted by Crippen LogP contribution is -2.34. The molecule has 0 heterocycles. The zero-order chi connectivity index (χ0) is 13.9. The van der Waals surface area contributed by atoms with Gasteiger partial charge in [0.1, 0.15) is 0 Å². The minimum absolute atomic E-state index is 0.381. The summed E-state index contributed by atoms with van der Waals surface area (Å²) in [6, 6.07) is 5.97. The number of nitrogens with zero attached hydrogens (tertiary/aromatic N) is 1. The molecule has 0 radical (unpaired) electrons. The van der Waals surface area contributed by atoms with Gasteiger partial charge in [0, 0.05) is 18.3 Å². The lowest BCUT2D eigenvalue weighted by atomic mass is 10.1. The molecule has 1 aromatic rings. The Morgan fingerprint density at radius 1 is 1.28 bits per heavy atom. The molecule has 0 bridgehead atoms. The van der Waals surface area contributed by atoms with E-state index < -0.39 is 5.97 Å². The van der Waals surface area contributed by atoms with E-state index in [0.29, 0.717) is 17.5 Å². The molecule has 0 aliphatic rings. The molecule has 0 atom stereocenters. The summed E-state index contributed by atoms with van der Waals surface area (Å²) in [5, 5.41) is 9.04. The minimum atomic E-state index is -0.862. The molecule has 100 valence electrons. The maximum atomic E-state index is 11.0. The Bertz CT molecular complexity index is 425. The number of aromatic carboxylic acids is 1. The van der Waals surface area contributed by atoms with E-state index in [1.165, 1.54) is 0 Å².